The van der Waals surface area contributed by atoms with Crippen LogP contribution >= 0.6 is 11.3 Å². The lowest BCUT2D eigenvalue weighted by Gasteiger charge is -2.26. The van der Waals surface area contributed by atoms with Crippen molar-refractivity contribution in [1.29, 1.82) is 0 Å². The molecule has 0 radical (unpaired) electrons. The number of carbonyl (C=O) groups excluding carboxylic acids is 2. The van der Waals surface area contributed by atoms with Gasteiger partial charge < -0.3 is 15.0 Å². The van der Waals surface area contributed by atoms with Gasteiger partial charge in [-0.3, -0.25) is 9.59 Å². The third-order valence-corrected chi connectivity index (χ3v) is 6.57. The topological polar surface area (TPSA) is 58.6 Å². The first-order chi connectivity index (χ1) is 13.6. The second-order valence-corrected chi connectivity index (χ2v) is 8.38. The SMILES string of the molecule is O=C(NCc1ccc(F)cc1)[C@H]1CCc2sc(C(=O)N3CCOCC3)cc2C1. The van der Waals surface area contributed by atoms with Crippen molar-refractivity contribution in [3.05, 3.63) is 57.0 Å². The number of aryl methyl sites for hydroxylation is 1. The number of amides is 2. The average molecular weight is 402 g/mol. The van der Waals surface area contributed by atoms with Crippen LogP contribution in [0.2, 0.25) is 0 Å². The van der Waals surface area contributed by atoms with E-state index in [9.17, 15) is 14.0 Å². The zero-order valence-corrected chi connectivity index (χ0v) is 16.4. The quantitative estimate of drug-likeness (QED) is 0.856. The number of nitrogens with zero attached hydrogens (tertiary/aromatic N) is 1. The molecule has 1 aliphatic heterocycles. The van der Waals surface area contributed by atoms with Gasteiger partial charge in [0.1, 0.15) is 5.82 Å². The number of hydrogen-bond acceptors (Lipinski definition) is 4. The predicted octanol–water partition coefficient (Wildman–Crippen LogP) is 2.78. The highest BCUT2D eigenvalue weighted by atomic mass is 32.1. The molecule has 0 bridgehead atoms. The average Bonchev–Trinajstić information content (AvgIpc) is 3.16. The fraction of sp³-hybridized carbons (Fsp3) is 0.429. The minimum absolute atomic E-state index is 0.0160. The highest BCUT2D eigenvalue weighted by molar-refractivity contribution is 7.14. The fourth-order valence-electron chi connectivity index (χ4n) is 3.71. The third-order valence-electron chi connectivity index (χ3n) is 5.34. The third kappa shape index (κ3) is 4.25. The highest BCUT2D eigenvalue weighted by Gasteiger charge is 2.28. The molecule has 1 saturated heterocycles. The molecule has 4 rings (SSSR count). The van der Waals surface area contributed by atoms with Crippen molar-refractivity contribution in [2.24, 2.45) is 5.92 Å². The number of carbonyl (C=O) groups is 2. The van der Waals surface area contributed by atoms with Crippen LogP contribution in [0.3, 0.4) is 0 Å². The Kier molecular flexibility index (Phi) is 5.73. The van der Waals surface area contributed by atoms with E-state index in [1.165, 1.54) is 17.0 Å². The van der Waals surface area contributed by atoms with Gasteiger partial charge in [0.2, 0.25) is 5.91 Å². The highest BCUT2D eigenvalue weighted by Crippen LogP contribution is 2.33. The van der Waals surface area contributed by atoms with Gasteiger partial charge in [-0.15, -0.1) is 11.3 Å². The molecule has 2 amide bonds. The van der Waals surface area contributed by atoms with Gasteiger partial charge in [-0.1, -0.05) is 12.1 Å². The zero-order valence-electron chi connectivity index (χ0n) is 15.6. The summed E-state index contributed by atoms with van der Waals surface area (Å²) in [6, 6.07) is 8.12. The molecule has 5 nitrogen and oxygen atoms in total. The number of morpholine rings is 1. The molecule has 1 aliphatic carbocycles. The maximum Gasteiger partial charge on any atom is 0.264 e. The van der Waals surface area contributed by atoms with E-state index in [0.29, 0.717) is 39.3 Å². The lowest BCUT2D eigenvalue weighted by atomic mass is 9.87. The lowest BCUT2D eigenvalue weighted by Crippen LogP contribution is -2.40. The Morgan fingerprint density at radius 1 is 1.21 bits per heavy atom. The predicted molar refractivity (Wildman–Crippen MR) is 105 cm³/mol. The minimum Gasteiger partial charge on any atom is -0.378 e. The van der Waals surface area contributed by atoms with Gasteiger partial charge in [-0.25, -0.2) is 4.39 Å². The van der Waals surface area contributed by atoms with Crippen LogP contribution in [0.4, 0.5) is 4.39 Å². The van der Waals surface area contributed by atoms with Crippen molar-refractivity contribution in [2.75, 3.05) is 26.3 Å². The van der Waals surface area contributed by atoms with Crippen LogP contribution in [0.5, 0.6) is 0 Å². The number of hydrogen-bond donors (Lipinski definition) is 1. The fourth-order valence-corrected chi connectivity index (χ4v) is 4.89. The van der Waals surface area contributed by atoms with Crippen molar-refractivity contribution in [3.8, 4) is 0 Å². The van der Waals surface area contributed by atoms with E-state index in [-0.39, 0.29) is 23.5 Å². The number of rotatable bonds is 4. The number of benzene rings is 1. The number of nitrogens with one attached hydrogen (secondary N) is 1. The van der Waals surface area contributed by atoms with Crippen LogP contribution in [-0.2, 0) is 28.9 Å². The van der Waals surface area contributed by atoms with Crippen LogP contribution in [0.15, 0.2) is 30.3 Å². The van der Waals surface area contributed by atoms with Crippen molar-refractivity contribution in [2.45, 2.75) is 25.8 Å². The van der Waals surface area contributed by atoms with Crippen molar-refractivity contribution < 1.29 is 18.7 Å². The van der Waals surface area contributed by atoms with Crippen molar-refractivity contribution in [3.63, 3.8) is 0 Å². The van der Waals surface area contributed by atoms with Gasteiger partial charge in [-0.05, 0) is 48.6 Å². The summed E-state index contributed by atoms with van der Waals surface area (Å²) in [5.74, 6) is -0.286. The van der Waals surface area contributed by atoms with E-state index in [1.807, 2.05) is 11.0 Å². The Hall–Kier alpha value is -2.25. The van der Waals surface area contributed by atoms with E-state index < -0.39 is 0 Å². The van der Waals surface area contributed by atoms with Crippen LogP contribution in [0, 0.1) is 11.7 Å². The summed E-state index contributed by atoms with van der Waals surface area (Å²) in [6.07, 6.45) is 2.27. The van der Waals surface area contributed by atoms with Crippen LogP contribution < -0.4 is 5.32 Å². The molecule has 0 unspecified atom stereocenters. The Morgan fingerprint density at radius 2 is 1.96 bits per heavy atom. The number of ether oxygens (including phenoxy) is 1. The summed E-state index contributed by atoms with van der Waals surface area (Å²) in [4.78, 5) is 29.1. The van der Waals surface area contributed by atoms with E-state index >= 15 is 0 Å². The second kappa shape index (κ2) is 8.41. The minimum atomic E-state index is -0.283. The van der Waals surface area contributed by atoms with Gasteiger partial charge in [0.15, 0.2) is 0 Å². The molecule has 28 heavy (non-hydrogen) atoms. The van der Waals surface area contributed by atoms with E-state index in [4.69, 9.17) is 4.74 Å². The number of fused-ring (bicyclic) bond motifs is 1. The monoisotopic (exact) mass is 402 g/mol. The van der Waals surface area contributed by atoms with Gasteiger partial charge in [0.05, 0.1) is 18.1 Å². The summed E-state index contributed by atoms with van der Waals surface area (Å²) < 4.78 is 18.3. The molecule has 1 atom stereocenters. The van der Waals surface area contributed by atoms with Crippen LogP contribution in [0.1, 0.15) is 32.1 Å². The molecule has 2 aromatic rings. The smallest absolute Gasteiger partial charge is 0.264 e. The molecule has 2 aliphatic rings. The first-order valence-electron chi connectivity index (χ1n) is 9.61. The van der Waals surface area contributed by atoms with E-state index in [0.717, 1.165) is 28.8 Å². The molecular formula is C21H23FN2O3S. The normalized spacial score (nSPS) is 19.2. The number of halogens is 1. The molecule has 1 fully saturated rings. The Morgan fingerprint density at radius 3 is 2.71 bits per heavy atom. The summed E-state index contributed by atoms with van der Waals surface area (Å²) in [6.45, 7) is 2.85. The maximum atomic E-state index is 13.0. The maximum absolute atomic E-state index is 13.0. The van der Waals surface area contributed by atoms with E-state index in [2.05, 4.69) is 5.32 Å². The Labute approximate surface area is 167 Å². The van der Waals surface area contributed by atoms with Gasteiger partial charge >= 0.3 is 0 Å². The Balaban J connectivity index is 1.36. The zero-order chi connectivity index (χ0) is 19.5. The Bertz CT molecular complexity index is 859. The standard InChI is InChI=1S/C21H23FN2O3S/c22-17-4-1-14(2-5-17)13-23-20(25)15-3-6-18-16(11-15)12-19(28-18)21(26)24-7-9-27-10-8-24/h1-2,4-5,12,15H,3,6-11,13H2,(H,23,25)/t15-/m0/s1. The van der Waals surface area contributed by atoms with Gasteiger partial charge in [-0.2, -0.15) is 0 Å². The lowest BCUT2D eigenvalue weighted by molar-refractivity contribution is -0.125. The molecule has 7 heteroatoms. The van der Waals surface area contributed by atoms with Crippen molar-refractivity contribution in [1.82, 2.24) is 10.2 Å². The molecule has 1 aromatic heterocycles. The molecular weight excluding hydrogens is 379 g/mol. The number of thiophene rings is 1. The summed E-state index contributed by atoms with van der Waals surface area (Å²) >= 11 is 1.56. The first-order valence-corrected chi connectivity index (χ1v) is 10.4. The molecule has 1 N–H and O–H groups in total. The molecule has 148 valence electrons. The summed E-state index contributed by atoms with van der Waals surface area (Å²) in [5, 5.41) is 2.95. The van der Waals surface area contributed by atoms with Gasteiger partial charge in [0.25, 0.3) is 5.91 Å². The molecule has 0 spiro atoms. The van der Waals surface area contributed by atoms with Crippen molar-refractivity contribution >= 4 is 23.2 Å². The molecule has 2 heterocycles. The summed E-state index contributed by atoms with van der Waals surface area (Å²) in [5.41, 5.74) is 2.00. The molecule has 1 aromatic carbocycles. The second-order valence-electron chi connectivity index (χ2n) is 7.25. The largest absolute Gasteiger partial charge is 0.378 e. The van der Waals surface area contributed by atoms with Gasteiger partial charge in [0, 0.05) is 30.4 Å². The summed E-state index contributed by atoms with van der Waals surface area (Å²) in [7, 11) is 0. The van der Waals surface area contributed by atoms with E-state index in [1.54, 1.807) is 23.5 Å². The first kappa shape index (κ1) is 19.1. The van der Waals surface area contributed by atoms with Crippen LogP contribution in [-0.4, -0.2) is 43.0 Å². The molecule has 0 saturated carbocycles. The van der Waals surface area contributed by atoms with Crippen LogP contribution in [0.25, 0.3) is 0 Å².